The van der Waals surface area contributed by atoms with Crippen molar-refractivity contribution in [3.63, 3.8) is 0 Å². The molecule has 0 bridgehead atoms. The molecule has 0 heterocycles. The molecule has 0 spiro atoms. The van der Waals surface area contributed by atoms with Gasteiger partial charge in [-0.25, -0.2) is 4.39 Å². The van der Waals surface area contributed by atoms with E-state index in [-0.39, 0.29) is 0 Å². The van der Waals surface area contributed by atoms with E-state index in [0.717, 1.165) is 11.1 Å². The number of methoxy groups -OCH3 is 1. The zero-order valence-electron chi connectivity index (χ0n) is 13.0. The first-order valence-electron chi connectivity index (χ1n) is 6.60. The number of ether oxygens (including phenoxy) is 1. The van der Waals surface area contributed by atoms with Gasteiger partial charge in [-0.2, -0.15) is 0 Å². The van der Waals surface area contributed by atoms with Crippen molar-refractivity contribution in [3.05, 3.63) is 28.8 Å². The van der Waals surface area contributed by atoms with Crippen LogP contribution >= 0.6 is 0 Å². The van der Waals surface area contributed by atoms with Crippen LogP contribution in [0.3, 0.4) is 0 Å². The first-order chi connectivity index (χ1) is 9.00. The van der Waals surface area contributed by atoms with Gasteiger partial charge in [0.2, 0.25) is 0 Å². The second kappa shape index (κ2) is 5.43. The minimum absolute atomic E-state index is 0.293. The van der Waals surface area contributed by atoms with Gasteiger partial charge in [0.25, 0.3) is 0 Å². The lowest BCUT2D eigenvalue weighted by atomic mass is 9.82. The molecule has 20 heavy (non-hydrogen) atoms. The molecule has 0 aliphatic heterocycles. The second-order valence-corrected chi connectivity index (χ2v) is 6.28. The van der Waals surface area contributed by atoms with Gasteiger partial charge in [-0.15, -0.1) is 0 Å². The third-order valence-electron chi connectivity index (χ3n) is 3.54. The fraction of sp³-hybridized carbons (Fsp3) is 0.562. The fourth-order valence-corrected chi connectivity index (χ4v) is 2.16. The highest BCUT2D eigenvalue weighted by atomic mass is 19.1. The molecule has 1 N–H and O–H groups in total. The van der Waals surface area contributed by atoms with E-state index < -0.39 is 17.1 Å². The van der Waals surface area contributed by atoms with E-state index in [1.54, 1.807) is 19.9 Å². The summed E-state index contributed by atoms with van der Waals surface area (Å²) in [7, 11) is 1.49. The van der Waals surface area contributed by atoms with Gasteiger partial charge in [-0.3, -0.25) is 4.79 Å². The molecule has 0 saturated heterocycles. The Morgan fingerprint density at radius 2 is 1.85 bits per heavy atom. The molecular formula is C16H23FO3. The van der Waals surface area contributed by atoms with Crippen LogP contribution in [0.4, 0.5) is 4.39 Å². The molecule has 0 aliphatic rings. The zero-order valence-corrected chi connectivity index (χ0v) is 13.0. The standard InChI is InChI=1S/C16H23FO3/c1-10-7-8-12(16(4,5)17)13(20-6)11(10)9-15(2,3)14(18)19/h7-8H,9H2,1-6H3,(H,18,19). The van der Waals surface area contributed by atoms with Gasteiger partial charge < -0.3 is 9.84 Å². The predicted molar refractivity (Wildman–Crippen MR) is 77.0 cm³/mol. The van der Waals surface area contributed by atoms with Crippen LogP contribution in [0, 0.1) is 12.3 Å². The van der Waals surface area contributed by atoms with E-state index in [1.165, 1.54) is 21.0 Å². The summed E-state index contributed by atoms with van der Waals surface area (Å²) in [6, 6.07) is 3.51. The number of carboxylic acid groups (broad SMARTS) is 1. The number of carboxylic acids is 1. The number of hydrogen-bond donors (Lipinski definition) is 1. The lowest BCUT2D eigenvalue weighted by molar-refractivity contribution is -0.146. The Balaban J connectivity index is 3.42. The number of carbonyl (C=O) groups is 1. The van der Waals surface area contributed by atoms with E-state index in [2.05, 4.69) is 0 Å². The predicted octanol–water partition coefficient (Wildman–Crippen LogP) is 3.86. The molecule has 0 atom stereocenters. The van der Waals surface area contributed by atoms with Crippen LogP contribution in [0.25, 0.3) is 0 Å². The van der Waals surface area contributed by atoms with Crippen molar-refractivity contribution in [1.29, 1.82) is 0 Å². The Hall–Kier alpha value is -1.58. The number of benzene rings is 1. The van der Waals surface area contributed by atoms with Gasteiger partial charge in [0.05, 0.1) is 12.5 Å². The molecule has 1 aromatic carbocycles. The maximum Gasteiger partial charge on any atom is 0.309 e. The molecular weight excluding hydrogens is 259 g/mol. The highest BCUT2D eigenvalue weighted by Gasteiger charge is 2.32. The smallest absolute Gasteiger partial charge is 0.309 e. The number of hydrogen-bond acceptors (Lipinski definition) is 2. The van der Waals surface area contributed by atoms with Gasteiger partial charge in [-0.1, -0.05) is 12.1 Å². The number of aryl methyl sites for hydroxylation is 1. The summed E-state index contributed by atoms with van der Waals surface area (Å²) in [5.41, 5.74) is -0.368. The van der Waals surface area contributed by atoms with Crippen molar-refractivity contribution in [2.45, 2.75) is 46.7 Å². The minimum atomic E-state index is -1.54. The Morgan fingerprint density at radius 3 is 2.25 bits per heavy atom. The van der Waals surface area contributed by atoms with Crippen LogP contribution in [0.5, 0.6) is 5.75 Å². The topological polar surface area (TPSA) is 46.5 Å². The van der Waals surface area contributed by atoms with Crippen LogP contribution in [0.1, 0.15) is 44.4 Å². The summed E-state index contributed by atoms with van der Waals surface area (Å²) >= 11 is 0. The van der Waals surface area contributed by atoms with Crippen LogP contribution in [-0.4, -0.2) is 18.2 Å². The monoisotopic (exact) mass is 282 g/mol. The first-order valence-corrected chi connectivity index (χ1v) is 6.60. The molecule has 0 unspecified atom stereocenters. The van der Waals surface area contributed by atoms with E-state index in [9.17, 15) is 14.3 Å². The Morgan fingerprint density at radius 1 is 1.30 bits per heavy atom. The van der Waals surface area contributed by atoms with Crippen LogP contribution < -0.4 is 4.74 Å². The Kier molecular flexibility index (Phi) is 4.47. The molecule has 112 valence electrons. The van der Waals surface area contributed by atoms with Crippen molar-refractivity contribution in [3.8, 4) is 5.75 Å². The van der Waals surface area contributed by atoms with Gasteiger partial charge in [0.15, 0.2) is 0 Å². The first kappa shape index (κ1) is 16.5. The van der Waals surface area contributed by atoms with E-state index in [1.807, 2.05) is 13.0 Å². The average molecular weight is 282 g/mol. The number of halogens is 1. The number of aliphatic carboxylic acids is 1. The molecule has 4 heteroatoms. The highest BCUT2D eigenvalue weighted by Crippen LogP contribution is 2.39. The summed E-state index contributed by atoms with van der Waals surface area (Å²) in [4.78, 5) is 11.3. The summed E-state index contributed by atoms with van der Waals surface area (Å²) in [5.74, 6) is -0.435. The van der Waals surface area contributed by atoms with E-state index >= 15 is 0 Å². The van der Waals surface area contributed by atoms with Crippen molar-refractivity contribution in [2.75, 3.05) is 7.11 Å². The number of rotatable bonds is 5. The maximum atomic E-state index is 14.3. The number of alkyl halides is 1. The highest BCUT2D eigenvalue weighted by molar-refractivity contribution is 5.74. The summed E-state index contributed by atoms with van der Waals surface area (Å²) < 4.78 is 19.7. The van der Waals surface area contributed by atoms with Crippen molar-refractivity contribution in [1.82, 2.24) is 0 Å². The van der Waals surface area contributed by atoms with Crippen LogP contribution in [0.2, 0.25) is 0 Å². The third kappa shape index (κ3) is 3.30. The van der Waals surface area contributed by atoms with Gasteiger partial charge in [0.1, 0.15) is 11.4 Å². The van der Waals surface area contributed by atoms with Crippen LogP contribution in [-0.2, 0) is 16.9 Å². The summed E-state index contributed by atoms with van der Waals surface area (Å²) in [5, 5.41) is 9.27. The van der Waals surface area contributed by atoms with Crippen molar-refractivity contribution in [2.24, 2.45) is 5.41 Å². The lowest BCUT2D eigenvalue weighted by Crippen LogP contribution is -2.27. The summed E-state index contributed by atoms with van der Waals surface area (Å²) in [6.07, 6.45) is 0.293. The fourth-order valence-electron chi connectivity index (χ4n) is 2.16. The summed E-state index contributed by atoms with van der Waals surface area (Å²) in [6.45, 7) is 8.12. The molecule has 3 nitrogen and oxygen atoms in total. The molecule has 1 aromatic rings. The van der Waals surface area contributed by atoms with E-state index in [4.69, 9.17) is 4.74 Å². The lowest BCUT2D eigenvalue weighted by Gasteiger charge is -2.26. The zero-order chi connectivity index (χ0) is 15.7. The molecule has 0 aromatic heterocycles. The van der Waals surface area contributed by atoms with Gasteiger partial charge in [-0.05, 0) is 52.2 Å². The van der Waals surface area contributed by atoms with Gasteiger partial charge >= 0.3 is 5.97 Å². The minimum Gasteiger partial charge on any atom is -0.496 e. The molecule has 1 rings (SSSR count). The quantitative estimate of drug-likeness (QED) is 0.892. The van der Waals surface area contributed by atoms with Crippen molar-refractivity contribution >= 4 is 5.97 Å². The average Bonchev–Trinajstić information content (AvgIpc) is 2.29. The molecule has 0 aliphatic carbocycles. The molecule has 0 radical (unpaired) electrons. The van der Waals surface area contributed by atoms with E-state index in [0.29, 0.717) is 17.7 Å². The molecule has 0 fully saturated rings. The van der Waals surface area contributed by atoms with Crippen molar-refractivity contribution < 1.29 is 19.0 Å². The SMILES string of the molecule is COc1c(C(C)(C)F)ccc(C)c1CC(C)(C)C(=O)O. The van der Waals surface area contributed by atoms with Gasteiger partial charge in [0, 0.05) is 5.56 Å². The Labute approximate surface area is 119 Å². The second-order valence-electron chi connectivity index (χ2n) is 6.28. The maximum absolute atomic E-state index is 14.3. The Bertz CT molecular complexity index is 513. The normalized spacial score (nSPS) is 12.3. The molecule has 0 saturated carbocycles. The molecule has 0 amide bonds. The third-order valence-corrected chi connectivity index (χ3v) is 3.54. The largest absolute Gasteiger partial charge is 0.496 e. The van der Waals surface area contributed by atoms with Crippen LogP contribution in [0.15, 0.2) is 12.1 Å².